The van der Waals surface area contributed by atoms with Crippen LogP contribution in [0.15, 0.2) is 76.4 Å². The van der Waals surface area contributed by atoms with Crippen molar-refractivity contribution in [1.82, 2.24) is 9.78 Å². The molecule has 0 saturated carbocycles. The largest absolute Gasteiger partial charge is 0.394 e. The third-order valence-electron chi connectivity index (χ3n) is 5.58. The maximum absolute atomic E-state index is 13.3. The molecule has 0 fully saturated rings. The summed E-state index contributed by atoms with van der Waals surface area (Å²) in [5, 5.41) is 17.9. The van der Waals surface area contributed by atoms with Crippen molar-refractivity contribution in [2.45, 2.75) is 11.3 Å². The number of sulfonamides is 1. The van der Waals surface area contributed by atoms with Crippen LogP contribution in [0.1, 0.15) is 5.69 Å². The van der Waals surface area contributed by atoms with Crippen LogP contribution in [0, 0.1) is 0 Å². The summed E-state index contributed by atoms with van der Waals surface area (Å²) in [5.41, 5.74) is 0.808. The summed E-state index contributed by atoms with van der Waals surface area (Å²) in [4.78, 5) is 25.0. The zero-order valence-corrected chi connectivity index (χ0v) is 21.9. The molecule has 1 amide bonds. The number of aryl methyl sites for hydroxylation is 1. The normalized spacial score (nSPS) is 11.5. The standard InChI is InChI=1S/C25H22Cl2N4O5S/c1-30-25(34)20-5-3-2-4-19(20)23(29-30)15-24(33)28-16-6-9-18(10-7-16)37(35,36)31(12-13-32)17-8-11-21(26)22(27)14-17/h2-11,14,32H,12-13,15H2,1H3,(H,28,33). The van der Waals surface area contributed by atoms with Gasteiger partial charge in [0, 0.05) is 18.1 Å². The quantitative estimate of drug-likeness (QED) is 0.339. The number of fused-ring (bicyclic) bond motifs is 1. The topological polar surface area (TPSA) is 122 Å². The lowest BCUT2D eigenvalue weighted by atomic mass is 10.1. The molecule has 0 spiro atoms. The molecule has 9 nitrogen and oxygen atoms in total. The van der Waals surface area contributed by atoms with Crippen LogP contribution >= 0.6 is 23.2 Å². The zero-order valence-electron chi connectivity index (χ0n) is 19.6. The molecular weight excluding hydrogens is 539 g/mol. The van der Waals surface area contributed by atoms with Gasteiger partial charge in [0.1, 0.15) is 0 Å². The number of aliphatic hydroxyl groups excluding tert-OH is 1. The zero-order chi connectivity index (χ0) is 26.7. The summed E-state index contributed by atoms with van der Waals surface area (Å²) in [7, 11) is -2.54. The van der Waals surface area contributed by atoms with Crippen LogP contribution in [0.4, 0.5) is 11.4 Å². The second-order valence-electron chi connectivity index (χ2n) is 8.07. The Morgan fingerprint density at radius 3 is 2.35 bits per heavy atom. The monoisotopic (exact) mass is 560 g/mol. The Labute approximate surface area is 222 Å². The van der Waals surface area contributed by atoms with Crippen LogP contribution in [0.25, 0.3) is 10.8 Å². The van der Waals surface area contributed by atoms with Crippen LogP contribution in [0.5, 0.6) is 0 Å². The Kier molecular flexibility index (Phi) is 7.84. The fourth-order valence-corrected chi connectivity index (χ4v) is 5.56. The van der Waals surface area contributed by atoms with E-state index in [1.54, 1.807) is 24.3 Å². The molecule has 0 bridgehead atoms. The summed E-state index contributed by atoms with van der Waals surface area (Å²) >= 11 is 12.0. The molecule has 0 atom stereocenters. The van der Waals surface area contributed by atoms with E-state index in [1.165, 1.54) is 54.2 Å². The molecule has 0 aliphatic carbocycles. The minimum atomic E-state index is -4.06. The highest BCUT2D eigenvalue weighted by Crippen LogP contribution is 2.30. The Balaban J connectivity index is 1.54. The number of hydrogen-bond donors (Lipinski definition) is 2. The second kappa shape index (κ2) is 10.9. The van der Waals surface area contributed by atoms with Gasteiger partial charge in [0.2, 0.25) is 5.91 Å². The van der Waals surface area contributed by atoms with E-state index in [4.69, 9.17) is 23.2 Å². The molecule has 1 aromatic heterocycles. The third-order valence-corrected chi connectivity index (χ3v) is 8.16. The molecule has 0 aliphatic rings. The molecular formula is C25H22Cl2N4O5S. The van der Waals surface area contributed by atoms with Crippen molar-refractivity contribution >= 4 is 61.3 Å². The number of aliphatic hydroxyl groups is 1. The van der Waals surface area contributed by atoms with Gasteiger partial charge in [0.25, 0.3) is 15.6 Å². The summed E-state index contributed by atoms with van der Waals surface area (Å²) in [6.45, 7) is -0.610. The maximum Gasteiger partial charge on any atom is 0.274 e. The first-order valence-electron chi connectivity index (χ1n) is 11.1. The summed E-state index contributed by atoms with van der Waals surface area (Å²) in [6, 6.07) is 16.9. The highest BCUT2D eigenvalue weighted by molar-refractivity contribution is 7.92. The number of rotatable bonds is 8. The first-order valence-corrected chi connectivity index (χ1v) is 13.2. The van der Waals surface area contributed by atoms with Crippen LogP contribution in [-0.4, -0.2) is 42.4 Å². The lowest BCUT2D eigenvalue weighted by Gasteiger charge is -2.24. The second-order valence-corrected chi connectivity index (χ2v) is 10.7. The molecule has 0 aliphatic heterocycles. The maximum atomic E-state index is 13.3. The smallest absolute Gasteiger partial charge is 0.274 e. The number of carbonyl (C=O) groups is 1. The molecule has 12 heteroatoms. The van der Waals surface area contributed by atoms with Gasteiger partial charge < -0.3 is 10.4 Å². The third kappa shape index (κ3) is 5.62. The highest BCUT2D eigenvalue weighted by atomic mass is 35.5. The minimum Gasteiger partial charge on any atom is -0.394 e. The number of aromatic nitrogens is 2. The van der Waals surface area contributed by atoms with E-state index in [1.807, 2.05) is 0 Å². The molecule has 4 rings (SSSR count). The van der Waals surface area contributed by atoms with Gasteiger partial charge in [-0.15, -0.1) is 0 Å². The van der Waals surface area contributed by atoms with E-state index >= 15 is 0 Å². The molecule has 0 saturated heterocycles. The average Bonchev–Trinajstić information content (AvgIpc) is 2.87. The molecule has 3 aromatic carbocycles. The predicted octanol–water partition coefficient (Wildman–Crippen LogP) is 3.61. The Hall–Kier alpha value is -3.44. The summed E-state index contributed by atoms with van der Waals surface area (Å²) in [5.74, 6) is -0.385. The first kappa shape index (κ1) is 26.6. The van der Waals surface area contributed by atoms with Crippen molar-refractivity contribution in [3.63, 3.8) is 0 Å². The average molecular weight is 561 g/mol. The van der Waals surface area contributed by atoms with E-state index in [2.05, 4.69) is 10.4 Å². The lowest BCUT2D eigenvalue weighted by molar-refractivity contribution is -0.115. The lowest BCUT2D eigenvalue weighted by Crippen LogP contribution is -2.33. The van der Waals surface area contributed by atoms with E-state index in [9.17, 15) is 23.1 Å². The van der Waals surface area contributed by atoms with Gasteiger partial charge in [0.15, 0.2) is 0 Å². The molecule has 37 heavy (non-hydrogen) atoms. The van der Waals surface area contributed by atoms with Crippen LogP contribution in [0.3, 0.4) is 0 Å². The van der Waals surface area contributed by atoms with Gasteiger partial charge in [-0.25, -0.2) is 13.1 Å². The number of amides is 1. The van der Waals surface area contributed by atoms with Gasteiger partial charge in [-0.05, 0) is 48.5 Å². The van der Waals surface area contributed by atoms with Crippen molar-refractivity contribution in [3.05, 3.63) is 92.8 Å². The van der Waals surface area contributed by atoms with Crippen molar-refractivity contribution < 1.29 is 18.3 Å². The number of nitrogens with one attached hydrogen (secondary N) is 1. The van der Waals surface area contributed by atoms with E-state index in [-0.39, 0.29) is 45.1 Å². The fourth-order valence-electron chi connectivity index (χ4n) is 3.82. The molecule has 2 N–H and O–H groups in total. The first-order chi connectivity index (χ1) is 17.6. The van der Waals surface area contributed by atoms with Crippen molar-refractivity contribution in [1.29, 1.82) is 0 Å². The van der Waals surface area contributed by atoms with Crippen LogP contribution < -0.4 is 15.2 Å². The van der Waals surface area contributed by atoms with Gasteiger partial charge in [0.05, 0.1) is 51.3 Å². The SMILES string of the molecule is Cn1nc(CC(=O)Nc2ccc(S(=O)(=O)N(CCO)c3ccc(Cl)c(Cl)c3)cc2)c2ccccc2c1=O. The fraction of sp³-hybridized carbons (Fsp3) is 0.160. The number of hydrogen-bond acceptors (Lipinski definition) is 6. The number of nitrogens with zero attached hydrogens (tertiary/aromatic N) is 3. The van der Waals surface area contributed by atoms with Crippen LogP contribution in [-0.2, 0) is 28.3 Å². The van der Waals surface area contributed by atoms with Gasteiger partial charge >= 0.3 is 0 Å². The number of halogens is 2. The van der Waals surface area contributed by atoms with Crippen LogP contribution in [0.2, 0.25) is 10.0 Å². The molecule has 0 unspecified atom stereocenters. The van der Waals surface area contributed by atoms with E-state index < -0.39 is 16.6 Å². The molecule has 4 aromatic rings. The number of benzene rings is 3. The van der Waals surface area contributed by atoms with Crippen molar-refractivity contribution in [2.75, 3.05) is 22.8 Å². The number of carbonyl (C=O) groups excluding carboxylic acids is 1. The Morgan fingerprint density at radius 1 is 1.03 bits per heavy atom. The van der Waals surface area contributed by atoms with Gasteiger partial charge in [-0.3, -0.25) is 13.9 Å². The predicted molar refractivity (Wildman–Crippen MR) is 144 cm³/mol. The van der Waals surface area contributed by atoms with E-state index in [0.29, 0.717) is 22.2 Å². The van der Waals surface area contributed by atoms with Gasteiger partial charge in [-0.2, -0.15) is 5.10 Å². The molecule has 192 valence electrons. The Morgan fingerprint density at radius 2 is 1.70 bits per heavy atom. The Bertz CT molecular complexity index is 1640. The summed E-state index contributed by atoms with van der Waals surface area (Å²) in [6.07, 6.45) is -0.0870. The number of anilines is 2. The minimum absolute atomic E-state index is 0.0456. The molecule has 1 heterocycles. The molecule has 0 radical (unpaired) electrons. The van der Waals surface area contributed by atoms with Crippen molar-refractivity contribution in [3.8, 4) is 0 Å². The van der Waals surface area contributed by atoms with Gasteiger partial charge in [-0.1, -0.05) is 41.4 Å². The highest BCUT2D eigenvalue weighted by Gasteiger charge is 2.25. The van der Waals surface area contributed by atoms with Crippen molar-refractivity contribution in [2.24, 2.45) is 7.05 Å². The van der Waals surface area contributed by atoms with E-state index in [0.717, 1.165) is 4.31 Å². The summed E-state index contributed by atoms with van der Waals surface area (Å²) < 4.78 is 28.8.